The average molecular weight is 397 g/mol. The van der Waals surface area contributed by atoms with Crippen LogP contribution in [0.5, 0.6) is 5.75 Å². The first kappa shape index (κ1) is 20.7. The Balaban J connectivity index is 1.80. The number of nitrogens with zero attached hydrogens (tertiary/aromatic N) is 2. The highest BCUT2D eigenvalue weighted by Crippen LogP contribution is 2.28. The second-order valence-electron chi connectivity index (χ2n) is 7.03. The lowest BCUT2D eigenvalue weighted by Gasteiger charge is -2.48. The van der Waals surface area contributed by atoms with Crippen molar-refractivity contribution in [2.45, 2.75) is 19.5 Å². The van der Waals surface area contributed by atoms with Crippen LogP contribution in [0.4, 0.5) is 10.5 Å². The lowest BCUT2D eigenvalue weighted by molar-refractivity contribution is -0.130. The third-order valence-electron chi connectivity index (χ3n) is 5.43. The predicted octanol–water partition coefficient (Wildman–Crippen LogP) is 3.06. The molecule has 2 N–H and O–H groups in total. The fraction of sp³-hybridized carbons (Fsp3) is 0.364. The summed E-state index contributed by atoms with van der Waals surface area (Å²) in [4.78, 5) is 27.2. The molecule has 7 heteroatoms. The number of benzene rings is 2. The van der Waals surface area contributed by atoms with Crippen LogP contribution in [0.2, 0.25) is 0 Å². The van der Waals surface area contributed by atoms with E-state index in [-0.39, 0.29) is 18.9 Å². The first-order valence-corrected chi connectivity index (χ1v) is 9.70. The molecule has 0 saturated carbocycles. The van der Waals surface area contributed by atoms with Crippen molar-refractivity contribution >= 4 is 17.6 Å². The smallest absolute Gasteiger partial charge is 0.409 e. The number of hydrogen-bond donors (Lipinski definition) is 2. The maximum atomic E-state index is 12.4. The Bertz CT molecular complexity index is 867. The second-order valence-corrected chi connectivity index (χ2v) is 7.03. The van der Waals surface area contributed by atoms with Crippen molar-refractivity contribution < 1.29 is 19.4 Å². The van der Waals surface area contributed by atoms with Crippen molar-refractivity contribution in [2.24, 2.45) is 0 Å². The van der Waals surface area contributed by atoms with Gasteiger partial charge in [0.15, 0.2) is 11.4 Å². The number of ether oxygens (including phenoxy) is 1. The summed E-state index contributed by atoms with van der Waals surface area (Å²) < 4.78 is 5.48. The number of ketones is 1. The summed E-state index contributed by atoms with van der Waals surface area (Å²) in [6, 6.07) is 16.0. The van der Waals surface area contributed by atoms with Gasteiger partial charge >= 0.3 is 6.09 Å². The molecule has 0 radical (unpaired) electrons. The topological polar surface area (TPSA) is 82.1 Å². The standard InChI is InChI=1S/C22H27N3O4/c1-4-29-20-11-7-18(8-12-20)17-5-9-19(10-6-17)24-13-14-25(21(27)28)22(15-24,23-3)16(2)26/h5-12,23H,4,13-15H2,1-3H3,(H,27,28). The molecule has 1 fully saturated rings. The summed E-state index contributed by atoms with van der Waals surface area (Å²) in [7, 11) is 1.62. The van der Waals surface area contributed by atoms with Crippen molar-refractivity contribution in [1.82, 2.24) is 10.2 Å². The van der Waals surface area contributed by atoms with Gasteiger partial charge in [-0.3, -0.25) is 15.0 Å². The molecule has 2 aromatic rings. The van der Waals surface area contributed by atoms with Crippen LogP contribution in [0, 0.1) is 0 Å². The SMILES string of the molecule is CCOc1ccc(-c2ccc(N3CCN(C(=O)O)C(NC)(C(C)=O)C3)cc2)cc1. The van der Waals surface area contributed by atoms with E-state index in [4.69, 9.17) is 4.74 Å². The van der Waals surface area contributed by atoms with E-state index < -0.39 is 11.8 Å². The quantitative estimate of drug-likeness (QED) is 0.780. The highest BCUT2D eigenvalue weighted by Gasteiger charge is 2.47. The van der Waals surface area contributed by atoms with Crippen LogP contribution in [0.3, 0.4) is 0 Å². The Morgan fingerprint density at radius 2 is 1.66 bits per heavy atom. The number of carboxylic acid groups (broad SMARTS) is 1. The zero-order valence-electron chi connectivity index (χ0n) is 17.0. The second kappa shape index (κ2) is 8.53. The van der Waals surface area contributed by atoms with Crippen molar-refractivity contribution in [3.63, 3.8) is 0 Å². The third-order valence-corrected chi connectivity index (χ3v) is 5.43. The summed E-state index contributed by atoms with van der Waals surface area (Å²) >= 11 is 0. The number of nitrogens with one attached hydrogen (secondary N) is 1. The molecule has 1 heterocycles. The summed E-state index contributed by atoms with van der Waals surface area (Å²) in [5.74, 6) is 0.620. The molecule has 1 saturated heterocycles. The van der Waals surface area contributed by atoms with E-state index in [1.54, 1.807) is 7.05 Å². The van der Waals surface area contributed by atoms with Gasteiger partial charge in [-0.1, -0.05) is 24.3 Å². The fourth-order valence-electron chi connectivity index (χ4n) is 3.80. The minimum Gasteiger partial charge on any atom is -0.494 e. The van der Waals surface area contributed by atoms with E-state index in [1.807, 2.05) is 60.4 Å². The molecule has 0 bridgehead atoms. The van der Waals surface area contributed by atoms with E-state index in [2.05, 4.69) is 5.32 Å². The Morgan fingerprint density at radius 3 is 2.14 bits per heavy atom. The molecule has 2 aromatic carbocycles. The normalized spacial score (nSPS) is 19.1. The highest BCUT2D eigenvalue weighted by atomic mass is 16.5. The average Bonchev–Trinajstić information content (AvgIpc) is 2.74. The number of piperazine rings is 1. The molecule has 1 atom stereocenters. The summed E-state index contributed by atoms with van der Waals surface area (Å²) in [5, 5.41) is 12.5. The molecule has 0 aromatic heterocycles. The Labute approximate surface area is 170 Å². The monoisotopic (exact) mass is 397 g/mol. The molecule has 1 unspecified atom stereocenters. The van der Waals surface area contributed by atoms with E-state index >= 15 is 0 Å². The Kier molecular flexibility index (Phi) is 6.08. The minimum absolute atomic E-state index is 0.224. The van der Waals surface area contributed by atoms with Gasteiger partial charge in [0.25, 0.3) is 0 Å². The first-order valence-electron chi connectivity index (χ1n) is 9.70. The third kappa shape index (κ3) is 4.05. The van der Waals surface area contributed by atoms with Crippen molar-refractivity contribution in [3.05, 3.63) is 48.5 Å². The lowest BCUT2D eigenvalue weighted by atomic mass is 9.99. The van der Waals surface area contributed by atoms with Gasteiger partial charge in [-0.15, -0.1) is 0 Å². The summed E-state index contributed by atoms with van der Waals surface area (Å²) in [6.07, 6.45) is -1.10. The van der Waals surface area contributed by atoms with Gasteiger partial charge in [0.2, 0.25) is 0 Å². The number of carbonyl (C=O) groups excluding carboxylic acids is 1. The number of Topliss-reactive ketones (excluding diaryl/α,β-unsaturated/α-hetero) is 1. The van der Waals surface area contributed by atoms with Crippen LogP contribution in [0.1, 0.15) is 13.8 Å². The number of rotatable bonds is 6. The van der Waals surface area contributed by atoms with Crippen molar-refractivity contribution in [3.8, 4) is 16.9 Å². The zero-order valence-corrected chi connectivity index (χ0v) is 17.0. The van der Waals surface area contributed by atoms with Crippen molar-refractivity contribution in [1.29, 1.82) is 0 Å². The number of anilines is 1. The molecule has 3 rings (SSSR count). The van der Waals surface area contributed by atoms with Crippen LogP contribution >= 0.6 is 0 Å². The van der Waals surface area contributed by atoms with Gasteiger partial charge in [-0.05, 0) is 56.3 Å². The Morgan fingerprint density at radius 1 is 1.07 bits per heavy atom. The molecule has 154 valence electrons. The summed E-state index contributed by atoms with van der Waals surface area (Å²) in [6.45, 7) is 5.04. The maximum Gasteiger partial charge on any atom is 0.409 e. The van der Waals surface area contributed by atoms with Gasteiger partial charge in [0, 0.05) is 18.8 Å². The van der Waals surface area contributed by atoms with Gasteiger partial charge in [-0.2, -0.15) is 0 Å². The zero-order chi connectivity index (χ0) is 21.0. The maximum absolute atomic E-state index is 12.4. The van der Waals surface area contributed by atoms with Gasteiger partial charge in [-0.25, -0.2) is 4.79 Å². The van der Waals surface area contributed by atoms with E-state index in [0.29, 0.717) is 13.2 Å². The van der Waals surface area contributed by atoms with Crippen molar-refractivity contribution in [2.75, 3.05) is 38.2 Å². The number of likely N-dealkylation sites (N-methyl/N-ethyl adjacent to an activating group) is 1. The minimum atomic E-state index is -1.25. The van der Waals surface area contributed by atoms with Crippen LogP contribution in [0.15, 0.2) is 48.5 Å². The number of carbonyl (C=O) groups is 2. The van der Waals surface area contributed by atoms with Crippen LogP contribution in [-0.4, -0.2) is 60.8 Å². The molecule has 1 aliphatic rings. The predicted molar refractivity (Wildman–Crippen MR) is 112 cm³/mol. The van der Waals surface area contributed by atoms with Gasteiger partial charge in [0.1, 0.15) is 5.75 Å². The van der Waals surface area contributed by atoms with Crippen LogP contribution in [-0.2, 0) is 4.79 Å². The largest absolute Gasteiger partial charge is 0.494 e. The molecule has 0 spiro atoms. The van der Waals surface area contributed by atoms with Crippen LogP contribution < -0.4 is 15.0 Å². The molecule has 1 aliphatic heterocycles. The molecular formula is C22H27N3O4. The number of hydrogen-bond acceptors (Lipinski definition) is 5. The lowest BCUT2D eigenvalue weighted by Crippen LogP contribution is -2.73. The first-order chi connectivity index (χ1) is 13.9. The molecule has 0 aliphatic carbocycles. The van der Waals surface area contributed by atoms with E-state index in [0.717, 1.165) is 22.6 Å². The Hall–Kier alpha value is -3.06. The fourth-order valence-corrected chi connectivity index (χ4v) is 3.80. The highest BCUT2D eigenvalue weighted by molar-refractivity contribution is 5.90. The summed E-state index contributed by atoms with van der Waals surface area (Å²) in [5.41, 5.74) is 1.86. The number of amides is 1. The van der Waals surface area contributed by atoms with Crippen LogP contribution in [0.25, 0.3) is 11.1 Å². The van der Waals surface area contributed by atoms with E-state index in [9.17, 15) is 14.7 Å². The molecular weight excluding hydrogens is 370 g/mol. The van der Waals surface area contributed by atoms with E-state index in [1.165, 1.54) is 11.8 Å². The molecule has 7 nitrogen and oxygen atoms in total. The van der Waals surface area contributed by atoms with Gasteiger partial charge in [0.05, 0.1) is 13.2 Å². The molecule has 1 amide bonds. The van der Waals surface area contributed by atoms with Gasteiger partial charge < -0.3 is 14.7 Å². The molecule has 29 heavy (non-hydrogen) atoms.